The Balaban J connectivity index is 2.37. The van der Waals surface area contributed by atoms with Crippen molar-refractivity contribution in [2.24, 2.45) is 5.92 Å². The Morgan fingerprint density at radius 1 is 1.14 bits per heavy atom. The van der Waals surface area contributed by atoms with Gasteiger partial charge in [-0.25, -0.2) is 4.98 Å². The van der Waals surface area contributed by atoms with Crippen LogP contribution in [0.1, 0.15) is 26.7 Å². The summed E-state index contributed by atoms with van der Waals surface area (Å²) in [7, 11) is 0. The van der Waals surface area contributed by atoms with E-state index in [4.69, 9.17) is 23.2 Å². The van der Waals surface area contributed by atoms with Crippen molar-refractivity contribution in [2.75, 3.05) is 23.9 Å². The van der Waals surface area contributed by atoms with Crippen LogP contribution in [0.4, 0.5) is 5.82 Å². The summed E-state index contributed by atoms with van der Waals surface area (Å²) < 4.78 is 0. The number of aromatic nitrogens is 2. The van der Waals surface area contributed by atoms with Crippen molar-refractivity contribution in [2.45, 2.75) is 26.7 Å². The first-order valence-electron chi connectivity index (χ1n) is 7.35. The maximum absolute atomic E-state index is 6.10. The molecular weight excluding hydrogens is 305 g/mol. The Labute approximate surface area is 136 Å². The van der Waals surface area contributed by atoms with Gasteiger partial charge in [-0.2, -0.15) is 4.98 Å². The number of fused-ring (bicyclic) bond motifs is 1. The lowest BCUT2D eigenvalue weighted by atomic mass is 10.1. The van der Waals surface area contributed by atoms with Crippen LogP contribution in [0.2, 0.25) is 5.28 Å². The molecule has 1 heterocycles. The fourth-order valence-corrected chi connectivity index (χ4v) is 2.75. The predicted octanol–water partition coefficient (Wildman–Crippen LogP) is 4.76. The molecule has 2 aromatic rings. The molecule has 0 amide bonds. The highest BCUT2D eigenvalue weighted by atomic mass is 35.5. The third kappa shape index (κ3) is 4.45. The molecule has 21 heavy (non-hydrogen) atoms. The molecule has 0 saturated carbocycles. The number of rotatable bonds is 7. The van der Waals surface area contributed by atoms with E-state index in [0.29, 0.717) is 17.1 Å². The van der Waals surface area contributed by atoms with Crippen molar-refractivity contribution < 1.29 is 0 Å². The molecule has 5 heteroatoms. The Hall–Kier alpha value is -1.06. The van der Waals surface area contributed by atoms with Crippen LogP contribution in [0.15, 0.2) is 24.3 Å². The summed E-state index contributed by atoms with van der Waals surface area (Å²) in [6.07, 6.45) is 2.05. The van der Waals surface area contributed by atoms with Crippen LogP contribution < -0.4 is 4.90 Å². The highest BCUT2D eigenvalue weighted by Gasteiger charge is 2.15. The van der Waals surface area contributed by atoms with Gasteiger partial charge in [0.05, 0.1) is 5.52 Å². The Bertz CT molecular complexity index is 587. The van der Waals surface area contributed by atoms with E-state index in [-0.39, 0.29) is 0 Å². The molecule has 0 unspecified atom stereocenters. The molecule has 0 spiro atoms. The van der Waals surface area contributed by atoms with E-state index in [1.165, 1.54) is 0 Å². The van der Waals surface area contributed by atoms with Crippen molar-refractivity contribution in [3.8, 4) is 0 Å². The average molecular weight is 326 g/mol. The van der Waals surface area contributed by atoms with Crippen molar-refractivity contribution >= 4 is 39.9 Å². The zero-order chi connectivity index (χ0) is 15.2. The van der Waals surface area contributed by atoms with Gasteiger partial charge in [-0.1, -0.05) is 26.0 Å². The minimum atomic E-state index is 0.301. The van der Waals surface area contributed by atoms with Crippen molar-refractivity contribution in [1.29, 1.82) is 0 Å². The largest absolute Gasteiger partial charge is 0.356 e. The molecule has 0 bridgehead atoms. The van der Waals surface area contributed by atoms with Crippen LogP contribution in [0.5, 0.6) is 0 Å². The van der Waals surface area contributed by atoms with Crippen molar-refractivity contribution in [1.82, 2.24) is 9.97 Å². The third-order valence-electron chi connectivity index (χ3n) is 3.25. The lowest BCUT2D eigenvalue weighted by Crippen LogP contribution is -2.30. The van der Waals surface area contributed by atoms with E-state index < -0.39 is 0 Å². The molecule has 0 N–H and O–H groups in total. The average Bonchev–Trinajstić information content (AvgIpc) is 2.45. The van der Waals surface area contributed by atoms with E-state index in [2.05, 4.69) is 34.8 Å². The number of hydrogen-bond donors (Lipinski definition) is 0. The molecule has 0 saturated heterocycles. The van der Waals surface area contributed by atoms with Gasteiger partial charge in [-0.05, 0) is 42.5 Å². The molecular formula is C16H21Cl2N3. The normalized spacial score (nSPS) is 11.3. The van der Waals surface area contributed by atoms with Crippen LogP contribution in [0.3, 0.4) is 0 Å². The van der Waals surface area contributed by atoms with E-state index in [9.17, 15) is 0 Å². The minimum Gasteiger partial charge on any atom is -0.356 e. The van der Waals surface area contributed by atoms with Crippen molar-refractivity contribution in [3.63, 3.8) is 0 Å². The second-order valence-corrected chi connectivity index (χ2v) is 6.29. The molecule has 3 nitrogen and oxygen atoms in total. The van der Waals surface area contributed by atoms with Crippen LogP contribution in [-0.2, 0) is 0 Å². The van der Waals surface area contributed by atoms with E-state index in [1.807, 2.05) is 18.2 Å². The van der Waals surface area contributed by atoms with Gasteiger partial charge in [0.1, 0.15) is 5.82 Å². The first-order chi connectivity index (χ1) is 10.1. The zero-order valence-corrected chi connectivity index (χ0v) is 14.0. The summed E-state index contributed by atoms with van der Waals surface area (Å²) in [5, 5.41) is 1.35. The second-order valence-electron chi connectivity index (χ2n) is 5.57. The molecule has 114 valence electrons. The van der Waals surface area contributed by atoms with Crippen LogP contribution in [-0.4, -0.2) is 28.9 Å². The summed E-state index contributed by atoms with van der Waals surface area (Å²) >= 11 is 11.9. The smallest absolute Gasteiger partial charge is 0.224 e. The Morgan fingerprint density at radius 3 is 2.62 bits per heavy atom. The van der Waals surface area contributed by atoms with Crippen LogP contribution >= 0.6 is 23.2 Å². The maximum atomic E-state index is 6.10. The first-order valence-corrected chi connectivity index (χ1v) is 8.26. The lowest BCUT2D eigenvalue weighted by molar-refractivity contribution is 0.593. The van der Waals surface area contributed by atoms with Gasteiger partial charge in [0, 0.05) is 24.4 Å². The van der Waals surface area contributed by atoms with E-state index in [0.717, 1.165) is 42.7 Å². The lowest BCUT2D eigenvalue weighted by Gasteiger charge is -2.26. The SMILES string of the molecule is CC(C)CN(CCCCCl)c1nc(Cl)nc2ccccc12. The molecule has 2 rings (SSSR count). The van der Waals surface area contributed by atoms with Gasteiger partial charge in [-0.15, -0.1) is 11.6 Å². The minimum absolute atomic E-state index is 0.301. The third-order valence-corrected chi connectivity index (χ3v) is 3.69. The molecule has 0 aliphatic heterocycles. The molecule has 0 aliphatic rings. The van der Waals surface area contributed by atoms with Gasteiger partial charge in [0.25, 0.3) is 0 Å². The summed E-state index contributed by atoms with van der Waals surface area (Å²) in [5.41, 5.74) is 0.888. The second kappa shape index (κ2) is 7.81. The molecule has 0 aliphatic carbocycles. The molecule has 0 atom stereocenters. The molecule has 0 fully saturated rings. The topological polar surface area (TPSA) is 29.0 Å². The highest BCUT2D eigenvalue weighted by molar-refractivity contribution is 6.28. The predicted molar refractivity (Wildman–Crippen MR) is 91.6 cm³/mol. The summed E-state index contributed by atoms with van der Waals surface area (Å²) in [6.45, 7) is 6.29. The number of halogens is 2. The Morgan fingerprint density at radius 2 is 1.90 bits per heavy atom. The van der Waals surface area contributed by atoms with Crippen LogP contribution in [0.25, 0.3) is 10.9 Å². The van der Waals surface area contributed by atoms with Crippen molar-refractivity contribution in [3.05, 3.63) is 29.5 Å². The standard InChI is InChI=1S/C16H21Cl2N3/c1-12(2)11-21(10-6-5-9-17)15-13-7-3-4-8-14(13)19-16(18)20-15/h3-4,7-8,12H,5-6,9-11H2,1-2H3. The highest BCUT2D eigenvalue weighted by Crippen LogP contribution is 2.26. The van der Waals surface area contributed by atoms with Gasteiger partial charge >= 0.3 is 0 Å². The monoisotopic (exact) mass is 325 g/mol. The zero-order valence-electron chi connectivity index (χ0n) is 12.5. The maximum Gasteiger partial charge on any atom is 0.224 e. The van der Waals surface area contributed by atoms with Gasteiger partial charge in [-0.3, -0.25) is 0 Å². The number of hydrogen-bond acceptors (Lipinski definition) is 3. The van der Waals surface area contributed by atoms with Gasteiger partial charge in [0.15, 0.2) is 0 Å². The Kier molecular flexibility index (Phi) is 6.07. The summed E-state index contributed by atoms with van der Waals surface area (Å²) in [5.74, 6) is 2.17. The summed E-state index contributed by atoms with van der Waals surface area (Å²) in [4.78, 5) is 11.1. The molecule has 1 aromatic heterocycles. The molecule has 0 radical (unpaired) electrons. The molecule has 1 aromatic carbocycles. The van der Waals surface area contributed by atoms with E-state index >= 15 is 0 Å². The number of nitrogens with zero attached hydrogens (tertiary/aromatic N) is 3. The summed E-state index contributed by atoms with van der Waals surface area (Å²) in [6, 6.07) is 8.00. The van der Waals surface area contributed by atoms with Gasteiger partial charge < -0.3 is 4.90 Å². The number of para-hydroxylation sites is 1. The fraction of sp³-hybridized carbons (Fsp3) is 0.500. The van der Waals surface area contributed by atoms with Gasteiger partial charge in [0.2, 0.25) is 5.28 Å². The number of anilines is 1. The number of unbranched alkanes of at least 4 members (excludes halogenated alkanes) is 1. The quantitative estimate of drug-likeness (QED) is 0.417. The number of alkyl halides is 1. The number of benzene rings is 1. The van der Waals surface area contributed by atoms with E-state index in [1.54, 1.807) is 0 Å². The first kappa shape index (κ1) is 16.3. The van der Waals surface area contributed by atoms with Crippen LogP contribution in [0, 0.1) is 5.92 Å². The fourth-order valence-electron chi connectivity index (χ4n) is 2.39.